The van der Waals surface area contributed by atoms with E-state index in [2.05, 4.69) is 5.32 Å². The third kappa shape index (κ3) is 4.91. The van der Waals surface area contributed by atoms with Crippen LogP contribution in [0.1, 0.15) is 23.4 Å². The van der Waals surface area contributed by atoms with Crippen molar-refractivity contribution in [2.24, 2.45) is 0 Å². The summed E-state index contributed by atoms with van der Waals surface area (Å²) in [5.41, 5.74) is -0.162. The molecule has 26 heavy (non-hydrogen) atoms. The predicted molar refractivity (Wildman–Crippen MR) is 93.6 cm³/mol. The van der Waals surface area contributed by atoms with Crippen LogP contribution in [0.3, 0.4) is 0 Å². The molecule has 144 valence electrons. The number of thioether (sulfide) groups is 1. The molecule has 0 radical (unpaired) electrons. The minimum absolute atomic E-state index is 0.194. The lowest BCUT2D eigenvalue weighted by Gasteiger charge is -2.29. The van der Waals surface area contributed by atoms with E-state index in [9.17, 15) is 22.8 Å². The number of hydrogen-bond donors (Lipinski definition) is 2. The van der Waals surface area contributed by atoms with Crippen molar-refractivity contribution >= 4 is 23.6 Å². The number of nitrogens with zero attached hydrogens (tertiary/aromatic N) is 1. The van der Waals surface area contributed by atoms with E-state index in [1.807, 2.05) is 14.1 Å². The van der Waals surface area contributed by atoms with Gasteiger partial charge in [0.15, 0.2) is 0 Å². The van der Waals surface area contributed by atoms with Crippen LogP contribution >= 0.6 is 11.8 Å². The van der Waals surface area contributed by atoms with Gasteiger partial charge in [-0.15, -0.1) is 11.8 Å². The molecule has 1 aromatic carbocycles. The molecule has 0 bridgehead atoms. The molecule has 1 heterocycles. The second-order valence-electron chi connectivity index (χ2n) is 6.51. The van der Waals surface area contributed by atoms with Crippen molar-refractivity contribution in [3.05, 3.63) is 35.4 Å². The fourth-order valence-electron chi connectivity index (χ4n) is 2.66. The fourth-order valence-corrected chi connectivity index (χ4v) is 3.92. The van der Waals surface area contributed by atoms with Gasteiger partial charge in [0.1, 0.15) is 11.4 Å². The van der Waals surface area contributed by atoms with Crippen LogP contribution in [0.2, 0.25) is 0 Å². The van der Waals surface area contributed by atoms with E-state index in [4.69, 9.17) is 0 Å². The van der Waals surface area contributed by atoms with Crippen molar-refractivity contribution in [1.29, 1.82) is 0 Å². The molecule has 2 rings (SSSR count). The maximum absolute atomic E-state index is 12.7. The highest BCUT2D eigenvalue weighted by atomic mass is 32.2. The highest BCUT2D eigenvalue weighted by Crippen LogP contribution is 2.40. The Hall–Kier alpha value is -1.74. The average molecular weight is 390 g/mol. The maximum atomic E-state index is 12.7. The number of amides is 2. The molecule has 0 saturated carbocycles. The molecule has 9 heteroatoms. The Morgan fingerprint density at radius 2 is 1.96 bits per heavy atom. The molecule has 1 saturated heterocycles. The lowest BCUT2D eigenvalue weighted by atomic mass is 10.1. The molecule has 0 aliphatic carbocycles. The van der Waals surface area contributed by atoms with Crippen molar-refractivity contribution in [3.63, 3.8) is 0 Å². The molecule has 2 N–H and O–H groups in total. The zero-order chi connectivity index (χ0) is 19.5. The number of hydrogen-bond acceptors (Lipinski definition) is 3. The number of nitrogens with one attached hydrogen (secondary N) is 2. The summed E-state index contributed by atoms with van der Waals surface area (Å²) in [6, 6.07) is 4.04. The van der Waals surface area contributed by atoms with Crippen LogP contribution in [0.15, 0.2) is 24.3 Å². The van der Waals surface area contributed by atoms with Gasteiger partial charge in [-0.3, -0.25) is 9.59 Å². The second kappa shape index (κ2) is 8.30. The summed E-state index contributed by atoms with van der Waals surface area (Å²) < 4.78 is 38.2. The van der Waals surface area contributed by atoms with Crippen molar-refractivity contribution in [1.82, 2.24) is 10.2 Å². The molecular weight excluding hydrogens is 367 g/mol. The summed E-state index contributed by atoms with van der Waals surface area (Å²) in [6.07, 6.45) is -4.40. The summed E-state index contributed by atoms with van der Waals surface area (Å²) in [4.78, 5) is 27.2. The zero-order valence-electron chi connectivity index (χ0n) is 14.9. The van der Waals surface area contributed by atoms with E-state index >= 15 is 0 Å². The Kier molecular flexibility index (Phi) is 6.57. The van der Waals surface area contributed by atoms with Crippen molar-refractivity contribution < 1.29 is 27.7 Å². The number of likely N-dealkylation sites (N-methyl/N-ethyl adjacent to an activating group) is 1. The van der Waals surface area contributed by atoms with Gasteiger partial charge in [0.2, 0.25) is 11.8 Å². The Morgan fingerprint density at radius 3 is 2.50 bits per heavy atom. The van der Waals surface area contributed by atoms with Crippen LogP contribution in [-0.2, 0) is 15.8 Å². The van der Waals surface area contributed by atoms with E-state index in [-0.39, 0.29) is 17.6 Å². The molecule has 0 unspecified atom stereocenters. The van der Waals surface area contributed by atoms with Gasteiger partial charge in [-0.2, -0.15) is 13.2 Å². The second-order valence-corrected chi connectivity index (χ2v) is 7.58. The van der Waals surface area contributed by atoms with Gasteiger partial charge in [0.25, 0.3) is 0 Å². The first-order chi connectivity index (χ1) is 12.1. The smallest absolute Gasteiger partial charge is 0.349 e. The number of carbonyl (C=O) groups excluding carboxylic acids is 2. The lowest BCUT2D eigenvalue weighted by Crippen LogP contribution is -3.06. The van der Waals surface area contributed by atoms with Gasteiger partial charge in [0.05, 0.1) is 38.5 Å². The predicted octanol–water partition coefficient (Wildman–Crippen LogP) is 0.929. The molecule has 0 aromatic heterocycles. The van der Waals surface area contributed by atoms with Crippen molar-refractivity contribution in [2.75, 3.05) is 32.9 Å². The van der Waals surface area contributed by atoms with E-state index in [1.54, 1.807) is 6.92 Å². The molecule has 2 atom stereocenters. The molecule has 1 aliphatic rings. The van der Waals surface area contributed by atoms with Crippen LogP contribution in [0.4, 0.5) is 13.2 Å². The number of quaternary nitrogens is 1. The van der Waals surface area contributed by atoms with Crippen molar-refractivity contribution in [3.8, 4) is 0 Å². The number of alkyl halides is 3. The molecule has 1 fully saturated rings. The van der Waals surface area contributed by atoms with Gasteiger partial charge in [-0.25, -0.2) is 0 Å². The SMILES string of the molecule is C[C@@H](C(=O)NCC[NH+](C)C)N1C(=O)CS[C@H]1c1ccc(C(F)(F)F)cc1. The topological polar surface area (TPSA) is 53.9 Å². The molecule has 1 aliphatic heterocycles. The summed E-state index contributed by atoms with van der Waals surface area (Å²) in [6.45, 7) is 2.88. The summed E-state index contributed by atoms with van der Waals surface area (Å²) in [5, 5.41) is 2.33. The van der Waals surface area contributed by atoms with Crippen LogP contribution in [0.25, 0.3) is 0 Å². The van der Waals surface area contributed by atoms with E-state index in [1.165, 1.54) is 33.7 Å². The van der Waals surface area contributed by atoms with Crippen LogP contribution in [0.5, 0.6) is 0 Å². The minimum Gasteiger partial charge on any atom is -0.349 e. The summed E-state index contributed by atoms with van der Waals surface area (Å²) >= 11 is 1.31. The molecule has 2 amide bonds. The summed E-state index contributed by atoms with van der Waals surface area (Å²) in [7, 11) is 3.94. The third-order valence-electron chi connectivity index (χ3n) is 4.15. The average Bonchev–Trinajstić information content (AvgIpc) is 2.94. The molecular formula is C17H23F3N3O2S+. The van der Waals surface area contributed by atoms with E-state index < -0.39 is 23.2 Å². The first-order valence-electron chi connectivity index (χ1n) is 8.28. The Morgan fingerprint density at radius 1 is 1.35 bits per heavy atom. The van der Waals surface area contributed by atoms with Crippen LogP contribution in [-0.4, -0.2) is 55.7 Å². The fraction of sp³-hybridized carbons (Fsp3) is 0.529. The van der Waals surface area contributed by atoms with Crippen LogP contribution < -0.4 is 10.2 Å². The van der Waals surface area contributed by atoms with Gasteiger partial charge < -0.3 is 15.1 Å². The Balaban J connectivity index is 2.11. The number of benzene rings is 1. The quantitative estimate of drug-likeness (QED) is 0.760. The number of rotatable bonds is 6. The minimum atomic E-state index is -4.40. The van der Waals surface area contributed by atoms with E-state index in [0.29, 0.717) is 12.1 Å². The van der Waals surface area contributed by atoms with Gasteiger partial charge in [-0.05, 0) is 24.6 Å². The number of carbonyl (C=O) groups is 2. The highest BCUT2D eigenvalue weighted by Gasteiger charge is 2.39. The van der Waals surface area contributed by atoms with E-state index in [0.717, 1.165) is 18.7 Å². The largest absolute Gasteiger partial charge is 0.416 e. The Labute approximate surface area is 154 Å². The number of halogens is 3. The molecule has 0 spiro atoms. The van der Waals surface area contributed by atoms with Crippen LogP contribution in [0, 0.1) is 0 Å². The third-order valence-corrected chi connectivity index (χ3v) is 5.38. The molecule has 5 nitrogen and oxygen atoms in total. The molecule has 1 aromatic rings. The van der Waals surface area contributed by atoms with Crippen molar-refractivity contribution in [2.45, 2.75) is 24.5 Å². The highest BCUT2D eigenvalue weighted by molar-refractivity contribution is 8.00. The summed E-state index contributed by atoms with van der Waals surface area (Å²) in [5.74, 6) is -0.259. The zero-order valence-corrected chi connectivity index (χ0v) is 15.7. The Bertz CT molecular complexity index is 650. The van der Waals surface area contributed by atoms with Gasteiger partial charge in [0, 0.05) is 0 Å². The first kappa shape index (κ1) is 20.6. The van der Waals surface area contributed by atoms with Gasteiger partial charge >= 0.3 is 6.18 Å². The first-order valence-corrected chi connectivity index (χ1v) is 9.33. The van der Waals surface area contributed by atoms with Gasteiger partial charge in [-0.1, -0.05) is 12.1 Å². The monoisotopic (exact) mass is 390 g/mol. The normalized spacial score (nSPS) is 19.1. The standard InChI is InChI=1S/C17H22F3N3O2S/c1-11(15(25)21-8-9-22(2)3)23-14(24)10-26-16(23)12-4-6-13(7-5-12)17(18,19)20/h4-7,11,16H,8-10H2,1-3H3,(H,21,25)/p+1/t11-,16-/m0/s1. The maximum Gasteiger partial charge on any atom is 0.416 e. The lowest BCUT2D eigenvalue weighted by molar-refractivity contribution is -0.856.